The summed E-state index contributed by atoms with van der Waals surface area (Å²) in [4.78, 5) is 22.5. The second kappa shape index (κ2) is 6.40. The Kier molecular flexibility index (Phi) is 4.60. The van der Waals surface area contributed by atoms with Crippen LogP contribution in [0, 0.1) is 0 Å². The topological polar surface area (TPSA) is 75.6 Å². The quantitative estimate of drug-likeness (QED) is 0.889. The van der Waals surface area contributed by atoms with Crippen molar-refractivity contribution < 1.29 is 19.4 Å². The molecule has 7 heteroatoms. The molecule has 0 saturated carbocycles. The first-order valence-electron chi connectivity index (χ1n) is 5.56. The smallest absolute Gasteiger partial charge is 0.345 e. The van der Waals surface area contributed by atoms with Gasteiger partial charge in [-0.25, -0.2) is 4.79 Å². The first-order chi connectivity index (χ1) is 9.54. The molecule has 0 unspecified atom stereocenters. The van der Waals surface area contributed by atoms with Gasteiger partial charge in [-0.2, -0.15) is 0 Å². The number of thiophene rings is 1. The van der Waals surface area contributed by atoms with E-state index in [-0.39, 0.29) is 17.4 Å². The molecule has 104 valence electrons. The molecular formula is C13H10ClNO4S. The zero-order valence-corrected chi connectivity index (χ0v) is 11.7. The maximum atomic E-state index is 11.6. The summed E-state index contributed by atoms with van der Waals surface area (Å²) in [5.41, 5.74) is 0. The number of ether oxygens (including phenoxy) is 1. The predicted octanol–water partition coefficient (Wildman–Crippen LogP) is 3.12. The van der Waals surface area contributed by atoms with Crippen molar-refractivity contribution in [3.8, 4) is 5.75 Å². The SMILES string of the molecule is O=C(COc1cccc(Cl)c1)Nc1ccc(C(=O)O)s1. The third-order valence-corrected chi connectivity index (χ3v) is 3.47. The molecule has 1 heterocycles. The standard InChI is InChI=1S/C13H10ClNO4S/c14-8-2-1-3-9(6-8)19-7-11(16)15-12-5-4-10(20-12)13(17)18/h1-6H,7H2,(H,15,16)(H,17,18). The summed E-state index contributed by atoms with van der Waals surface area (Å²) in [5, 5.41) is 12.3. The van der Waals surface area contributed by atoms with E-state index in [9.17, 15) is 9.59 Å². The Morgan fingerprint density at radius 3 is 2.75 bits per heavy atom. The minimum atomic E-state index is -1.02. The average Bonchev–Trinajstić information content (AvgIpc) is 2.85. The van der Waals surface area contributed by atoms with E-state index in [1.54, 1.807) is 24.3 Å². The van der Waals surface area contributed by atoms with Crippen LogP contribution in [-0.2, 0) is 4.79 Å². The molecule has 0 atom stereocenters. The fourth-order valence-corrected chi connectivity index (χ4v) is 2.34. The van der Waals surface area contributed by atoms with Crippen LogP contribution < -0.4 is 10.1 Å². The largest absolute Gasteiger partial charge is 0.484 e. The Hall–Kier alpha value is -2.05. The van der Waals surface area contributed by atoms with Gasteiger partial charge < -0.3 is 15.2 Å². The molecule has 1 aromatic carbocycles. The summed E-state index contributed by atoms with van der Waals surface area (Å²) in [6, 6.07) is 9.67. The van der Waals surface area contributed by atoms with Gasteiger partial charge >= 0.3 is 5.97 Å². The summed E-state index contributed by atoms with van der Waals surface area (Å²) in [7, 11) is 0. The fourth-order valence-electron chi connectivity index (χ4n) is 1.40. The van der Waals surface area contributed by atoms with E-state index in [2.05, 4.69) is 5.32 Å². The number of carboxylic acids is 1. The first kappa shape index (κ1) is 14.4. The highest BCUT2D eigenvalue weighted by Gasteiger charge is 2.09. The molecule has 0 fully saturated rings. The van der Waals surface area contributed by atoms with E-state index >= 15 is 0 Å². The van der Waals surface area contributed by atoms with Crippen molar-refractivity contribution in [3.05, 3.63) is 46.3 Å². The van der Waals surface area contributed by atoms with Crippen molar-refractivity contribution in [2.24, 2.45) is 0 Å². The van der Waals surface area contributed by atoms with Crippen LogP contribution in [-0.4, -0.2) is 23.6 Å². The van der Waals surface area contributed by atoms with Gasteiger partial charge in [0.05, 0.1) is 5.00 Å². The average molecular weight is 312 g/mol. The normalized spacial score (nSPS) is 10.1. The summed E-state index contributed by atoms with van der Waals surface area (Å²) in [5.74, 6) is -0.903. The van der Waals surface area contributed by atoms with Crippen molar-refractivity contribution in [3.63, 3.8) is 0 Å². The minimum Gasteiger partial charge on any atom is -0.484 e. The molecule has 0 radical (unpaired) electrons. The number of rotatable bonds is 5. The Labute approximate surface area is 123 Å². The van der Waals surface area contributed by atoms with Crippen molar-refractivity contribution in [2.75, 3.05) is 11.9 Å². The van der Waals surface area contributed by atoms with Crippen LogP contribution in [0.1, 0.15) is 9.67 Å². The minimum absolute atomic E-state index is 0.163. The van der Waals surface area contributed by atoms with Gasteiger partial charge in [-0.15, -0.1) is 11.3 Å². The van der Waals surface area contributed by atoms with Crippen LogP contribution in [0.15, 0.2) is 36.4 Å². The third-order valence-electron chi connectivity index (χ3n) is 2.25. The number of amides is 1. The van der Waals surface area contributed by atoms with Crippen LogP contribution >= 0.6 is 22.9 Å². The maximum Gasteiger partial charge on any atom is 0.345 e. The molecule has 0 aliphatic rings. The number of carbonyl (C=O) groups is 2. The maximum absolute atomic E-state index is 11.6. The van der Waals surface area contributed by atoms with Crippen LogP contribution in [0.3, 0.4) is 0 Å². The molecule has 0 bridgehead atoms. The third kappa shape index (κ3) is 3.97. The predicted molar refractivity (Wildman–Crippen MR) is 76.9 cm³/mol. The number of halogens is 1. The van der Waals surface area contributed by atoms with Crippen molar-refractivity contribution >= 4 is 39.8 Å². The molecule has 2 aromatic rings. The molecule has 0 spiro atoms. The Bertz CT molecular complexity index is 641. The number of carbonyl (C=O) groups excluding carboxylic acids is 1. The Balaban J connectivity index is 1.87. The van der Waals surface area contributed by atoms with Crippen LogP contribution in [0.2, 0.25) is 5.02 Å². The van der Waals surface area contributed by atoms with Gasteiger partial charge in [-0.3, -0.25) is 4.79 Å². The van der Waals surface area contributed by atoms with Crippen LogP contribution in [0.25, 0.3) is 0 Å². The van der Waals surface area contributed by atoms with Gasteiger partial charge in [0.15, 0.2) is 6.61 Å². The summed E-state index contributed by atoms with van der Waals surface area (Å²) in [6.45, 7) is -0.180. The van der Waals surface area contributed by atoms with Gasteiger partial charge in [0.25, 0.3) is 5.91 Å². The second-order valence-electron chi connectivity index (χ2n) is 3.76. The zero-order valence-electron chi connectivity index (χ0n) is 10.1. The number of carboxylic acid groups (broad SMARTS) is 1. The second-order valence-corrected chi connectivity index (χ2v) is 5.28. The van der Waals surface area contributed by atoms with Crippen LogP contribution in [0.4, 0.5) is 5.00 Å². The molecule has 1 aromatic heterocycles. The molecule has 0 aliphatic heterocycles. The molecule has 1 amide bonds. The first-order valence-corrected chi connectivity index (χ1v) is 6.75. The molecular weight excluding hydrogens is 302 g/mol. The van der Waals surface area contributed by atoms with Crippen molar-refractivity contribution in [1.82, 2.24) is 0 Å². The number of nitrogens with one attached hydrogen (secondary N) is 1. The lowest BCUT2D eigenvalue weighted by Gasteiger charge is -2.06. The van der Waals surface area contributed by atoms with Crippen LogP contribution in [0.5, 0.6) is 5.75 Å². The molecule has 20 heavy (non-hydrogen) atoms. The Morgan fingerprint density at radius 1 is 1.30 bits per heavy atom. The van der Waals surface area contributed by atoms with Gasteiger partial charge in [0.2, 0.25) is 0 Å². The number of aromatic carboxylic acids is 1. The van der Waals surface area contributed by atoms with Crippen molar-refractivity contribution in [2.45, 2.75) is 0 Å². The number of anilines is 1. The lowest BCUT2D eigenvalue weighted by Crippen LogP contribution is -2.19. The highest BCUT2D eigenvalue weighted by atomic mass is 35.5. The van der Waals surface area contributed by atoms with E-state index < -0.39 is 5.97 Å². The summed E-state index contributed by atoms with van der Waals surface area (Å²) in [6.07, 6.45) is 0. The summed E-state index contributed by atoms with van der Waals surface area (Å²) >= 11 is 6.77. The number of hydrogen-bond acceptors (Lipinski definition) is 4. The van der Waals surface area contributed by atoms with Crippen molar-refractivity contribution in [1.29, 1.82) is 0 Å². The molecule has 0 aliphatic carbocycles. The molecule has 5 nitrogen and oxygen atoms in total. The fraction of sp³-hybridized carbons (Fsp3) is 0.0769. The monoisotopic (exact) mass is 311 g/mol. The lowest BCUT2D eigenvalue weighted by molar-refractivity contribution is -0.118. The zero-order chi connectivity index (χ0) is 14.5. The highest BCUT2D eigenvalue weighted by molar-refractivity contribution is 7.18. The molecule has 0 saturated heterocycles. The van der Waals surface area contributed by atoms with E-state index in [1.165, 1.54) is 12.1 Å². The number of benzene rings is 1. The number of hydrogen-bond donors (Lipinski definition) is 2. The van der Waals surface area contributed by atoms with Gasteiger partial charge in [-0.1, -0.05) is 17.7 Å². The van der Waals surface area contributed by atoms with E-state index in [0.717, 1.165) is 11.3 Å². The Morgan fingerprint density at radius 2 is 2.10 bits per heavy atom. The van der Waals surface area contributed by atoms with E-state index in [0.29, 0.717) is 15.8 Å². The van der Waals surface area contributed by atoms with Gasteiger partial charge in [-0.05, 0) is 30.3 Å². The van der Waals surface area contributed by atoms with E-state index in [4.69, 9.17) is 21.4 Å². The van der Waals surface area contributed by atoms with Gasteiger partial charge in [0, 0.05) is 5.02 Å². The van der Waals surface area contributed by atoms with Gasteiger partial charge in [0.1, 0.15) is 10.6 Å². The molecule has 2 N–H and O–H groups in total. The molecule has 2 rings (SSSR count). The summed E-state index contributed by atoms with van der Waals surface area (Å²) < 4.78 is 5.27. The lowest BCUT2D eigenvalue weighted by atomic mass is 10.3. The highest BCUT2D eigenvalue weighted by Crippen LogP contribution is 2.22. The van der Waals surface area contributed by atoms with E-state index in [1.807, 2.05) is 0 Å².